The lowest BCUT2D eigenvalue weighted by Crippen LogP contribution is -2.48. The maximum atomic E-state index is 13.7. The quantitative estimate of drug-likeness (QED) is 0.541. The Balaban J connectivity index is 1.69. The largest absolute Gasteiger partial charge is 0.310 e. The van der Waals surface area contributed by atoms with Crippen LogP contribution in [-0.2, 0) is 15.6 Å². The molecule has 2 aromatic heterocycles. The van der Waals surface area contributed by atoms with Crippen molar-refractivity contribution in [3.05, 3.63) is 57.6 Å². The molecule has 142 valence electrons. The molecule has 2 atom stereocenters. The molecule has 5 rings (SSSR count). The van der Waals surface area contributed by atoms with Gasteiger partial charge in [0.25, 0.3) is 0 Å². The highest BCUT2D eigenvalue weighted by molar-refractivity contribution is 14.1. The van der Waals surface area contributed by atoms with Gasteiger partial charge < -0.3 is 5.32 Å². The first kappa shape index (κ1) is 18.0. The van der Waals surface area contributed by atoms with Gasteiger partial charge in [-0.05, 0) is 65.1 Å². The van der Waals surface area contributed by atoms with Crippen molar-refractivity contribution in [3.8, 4) is 0 Å². The standard InChI is InChI=1S/C22H21IN4O/c1-20(2)21(3)10-11-22(20,19(28)27-16-9-8-13(23)12-24-16)18-17(21)25-14-6-4-5-7-15(14)26-18/h4-9,12H,10-11H2,1-3H3,(H,24,27,28). The molecule has 0 saturated heterocycles. The molecule has 1 saturated carbocycles. The summed E-state index contributed by atoms with van der Waals surface area (Å²) in [6, 6.07) is 11.7. The number of halogens is 1. The fourth-order valence-electron chi connectivity index (χ4n) is 5.22. The number of hydrogen-bond donors (Lipinski definition) is 1. The number of fused-ring (bicyclic) bond motifs is 6. The van der Waals surface area contributed by atoms with Crippen LogP contribution in [0.4, 0.5) is 5.82 Å². The van der Waals surface area contributed by atoms with E-state index < -0.39 is 5.41 Å². The van der Waals surface area contributed by atoms with Crippen molar-refractivity contribution in [2.24, 2.45) is 5.41 Å². The van der Waals surface area contributed by atoms with E-state index in [4.69, 9.17) is 9.97 Å². The molecule has 1 amide bonds. The van der Waals surface area contributed by atoms with Gasteiger partial charge in [-0.25, -0.2) is 15.0 Å². The van der Waals surface area contributed by atoms with Crippen LogP contribution >= 0.6 is 22.6 Å². The molecule has 5 nitrogen and oxygen atoms in total. The van der Waals surface area contributed by atoms with Crippen molar-refractivity contribution >= 4 is 45.3 Å². The highest BCUT2D eigenvalue weighted by Crippen LogP contribution is 2.70. The third-order valence-corrected chi connectivity index (χ3v) is 7.94. The van der Waals surface area contributed by atoms with Crippen LogP contribution in [0.25, 0.3) is 11.0 Å². The van der Waals surface area contributed by atoms with Crippen LogP contribution in [0.2, 0.25) is 0 Å². The topological polar surface area (TPSA) is 67.8 Å². The summed E-state index contributed by atoms with van der Waals surface area (Å²) in [5.74, 6) is 0.546. The van der Waals surface area contributed by atoms with Crippen molar-refractivity contribution in [2.45, 2.75) is 44.4 Å². The average Bonchev–Trinajstić information content (AvgIpc) is 2.98. The molecule has 2 bridgehead atoms. The fourth-order valence-corrected chi connectivity index (χ4v) is 5.54. The Hall–Kier alpha value is -2.09. The van der Waals surface area contributed by atoms with E-state index in [-0.39, 0.29) is 16.7 Å². The summed E-state index contributed by atoms with van der Waals surface area (Å²) in [6.45, 7) is 6.62. The number of nitrogens with zero attached hydrogens (tertiary/aromatic N) is 3. The highest BCUT2D eigenvalue weighted by atomic mass is 127. The Labute approximate surface area is 177 Å². The average molecular weight is 484 g/mol. The van der Waals surface area contributed by atoms with Crippen molar-refractivity contribution in [2.75, 3.05) is 5.32 Å². The first-order valence-electron chi connectivity index (χ1n) is 9.50. The van der Waals surface area contributed by atoms with Crippen LogP contribution in [0.5, 0.6) is 0 Å². The Morgan fingerprint density at radius 2 is 1.68 bits per heavy atom. The van der Waals surface area contributed by atoms with Crippen molar-refractivity contribution in [1.82, 2.24) is 15.0 Å². The second-order valence-corrected chi connectivity index (χ2v) is 9.83. The number of carbonyl (C=O) groups excluding carboxylic acids is 1. The second-order valence-electron chi connectivity index (χ2n) is 8.59. The number of para-hydroxylation sites is 2. The van der Waals surface area contributed by atoms with Crippen LogP contribution in [-0.4, -0.2) is 20.9 Å². The molecule has 28 heavy (non-hydrogen) atoms. The van der Waals surface area contributed by atoms with Crippen LogP contribution in [0, 0.1) is 8.99 Å². The van der Waals surface area contributed by atoms with Crippen LogP contribution in [0.3, 0.4) is 0 Å². The molecule has 1 fully saturated rings. The number of rotatable bonds is 2. The van der Waals surface area contributed by atoms with Gasteiger partial charge in [0, 0.05) is 15.2 Å². The van der Waals surface area contributed by atoms with Gasteiger partial charge in [0.15, 0.2) is 0 Å². The third-order valence-electron chi connectivity index (χ3n) is 7.30. The first-order valence-corrected chi connectivity index (χ1v) is 10.6. The highest BCUT2D eigenvalue weighted by Gasteiger charge is 2.73. The maximum absolute atomic E-state index is 13.7. The van der Waals surface area contributed by atoms with E-state index in [1.165, 1.54) is 0 Å². The molecule has 2 aliphatic carbocycles. The fraction of sp³-hybridized carbons (Fsp3) is 0.364. The number of amides is 1. The molecule has 2 heterocycles. The van der Waals surface area contributed by atoms with Gasteiger partial charge in [-0.2, -0.15) is 0 Å². The Morgan fingerprint density at radius 3 is 2.32 bits per heavy atom. The number of pyridine rings is 1. The van der Waals surface area contributed by atoms with Gasteiger partial charge in [0.1, 0.15) is 5.82 Å². The minimum Gasteiger partial charge on any atom is -0.310 e. The van der Waals surface area contributed by atoms with Gasteiger partial charge in [0.05, 0.1) is 27.8 Å². The van der Waals surface area contributed by atoms with Gasteiger partial charge in [-0.15, -0.1) is 0 Å². The zero-order valence-electron chi connectivity index (χ0n) is 16.1. The molecule has 0 spiro atoms. The smallest absolute Gasteiger partial charge is 0.238 e. The van der Waals surface area contributed by atoms with E-state index in [0.717, 1.165) is 38.8 Å². The minimum absolute atomic E-state index is 0.0294. The number of anilines is 1. The van der Waals surface area contributed by atoms with Crippen LogP contribution in [0.1, 0.15) is 45.0 Å². The number of carbonyl (C=O) groups is 1. The number of benzene rings is 1. The summed E-state index contributed by atoms with van der Waals surface area (Å²) in [5, 5.41) is 3.07. The lowest BCUT2D eigenvalue weighted by atomic mass is 9.63. The zero-order chi connectivity index (χ0) is 19.7. The predicted octanol–water partition coefficient (Wildman–Crippen LogP) is 4.60. The Bertz CT molecular complexity index is 1130. The molecule has 2 aliphatic rings. The van der Waals surface area contributed by atoms with E-state index in [2.05, 4.69) is 53.7 Å². The summed E-state index contributed by atoms with van der Waals surface area (Å²) < 4.78 is 1.03. The SMILES string of the molecule is CC12CCC(C(=O)Nc3ccc(I)cn3)(c3nc4ccccc4nc31)C2(C)C. The van der Waals surface area contributed by atoms with E-state index in [1.54, 1.807) is 6.20 Å². The minimum atomic E-state index is -0.710. The lowest BCUT2D eigenvalue weighted by Gasteiger charge is -2.39. The van der Waals surface area contributed by atoms with Crippen molar-refractivity contribution in [1.29, 1.82) is 0 Å². The first-order chi connectivity index (χ1) is 13.3. The predicted molar refractivity (Wildman–Crippen MR) is 117 cm³/mol. The molecular formula is C22H21IN4O. The zero-order valence-corrected chi connectivity index (χ0v) is 18.2. The summed E-state index contributed by atoms with van der Waals surface area (Å²) in [4.78, 5) is 28.1. The third kappa shape index (κ3) is 2.07. The van der Waals surface area contributed by atoms with E-state index in [0.29, 0.717) is 5.82 Å². The van der Waals surface area contributed by atoms with Gasteiger partial charge in [-0.1, -0.05) is 32.9 Å². The van der Waals surface area contributed by atoms with Gasteiger partial charge in [0.2, 0.25) is 5.91 Å². The summed E-state index contributed by atoms with van der Waals surface area (Å²) in [6.07, 6.45) is 3.45. The normalized spacial score (nSPS) is 27.0. The number of aromatic nitrogens is 3. The molecule has 0 radical (unpaired) electrons. The molecular weight excluding hydrogens is 463 g/mol. The maximum Gasteiger partial charge on any atom is 0.238 e. The summed E-state index contributed by atoms with van der Waals surface area (Å²) in [5.41, 5.74) is 2.36. The number of nitrogens with one attached hydrogen (secondary N) is 1. The van der Waals surface area contributed by atoms with Gasteiger partial charge in [-0.3, -0.25) is 4.79 Å². The second kappa shape index (κ2) is 5.72. The van der Waals surface area contributed by atoms with E-state index in [1.807, 2.05) is 36.4 Å². The summed E-state index contributed by atoms with van der Waals surface area (Å²) >= 11 is 2.21. The van der Waals surface area contributed by atoms with Crippen LogP contribution < -0.4 is 5.32 Å². The number of hydrogen-bond acceptors (Lipinski definition) is 4. The molecule has 6 heteroatoms. The van der Waals surface area contributed by atoms with Crippen molar-refractivity contribution in [3.63, 3.8) is 0 Å². The Morgan fingerprint density at radius 1 is 1.00 bits per heavy atom. The van der Waals surface area contributed by atoms with E-state index in [9.17, 15) is 4.79 Å². The molecule has 2 unspecified atom stereocenters. The van der Waals surface area contributed by atoms with E-state index >= 15 is 0 Å². The van der Waals surface area contributed by atoms with Crippen molar-refractivity contribution < 1.29 is 4.79 Å². The molecule has 3 aromatic rings. The molecule has 1 aromatic carbocycles. The lowest BCUT2D eigenvalue weighted by molar-refractivity contribution is -0.125. The molecule has 1 N–H and O–H groups in total. The monoisotopic (exact) mass is 484 g/mol. The summed E-state index contributed by atoms with van der Waals surface area (Å²) in [7, 11) is 0. The van der Waals surface area contributed by atoms with Crippen LogP contribution in [0.15, 0.2) is 42.6 Å². The Kier molecular flexibility index (Phi) is 3.67. The van der Waals surface area contributed by atoms with Gasteiger partial charge >= 0.3 is 0 Å². The molecule has 0 aliphatic heterocycles.